The molecule has 1 unspecified atom stereocenters. The first-order chi connectivity index (χ1) is 6.75. The van der Waals surface area contributed by atoms with E-state index in [2.05, 4.69) is 11.9 Å². The van der Waals surface area contributed by atoms with Crippen LogP contribution in [0.3, 0.4) is 0 Å². The molecule has 0 aromatic carbocycles. The van der Waals surface area contributed by atoms with Gasteiger partial charge in [0.15, 0.2) is 0 Å². The van der Waals surface area contributed by atoms with Crippen molar-refractivity contribution in [2.24, 2.45) is 17.6 Å². The van der Waals surface area contributed by atoms with Crippen LogP contribution >= 0.6 is 0 Å². The highest BCUT2D eigenvalue weighted by Crippen LogP contribution is 2.30. The molecule has 0 aromatic heterocycles. The Labute approximate surface area is 87.8 Å². The van der Waals surface area contributed by atoms with Crippen molar-refractivity contribution in [1.82, 2.24) is 4.90 Å². The van der Waals surface area contributed by atoms with Crippen molar-refractivity contribution in [2.75, 3.05) is 20.1 Å². The first-order valence-electron chi connectivity index (χ1n) is 6.20. The molecule has 0 saturated heterocycles. The summed E-state index contributed by atoms with van der Waals surface area (Å²) < 4.78 is 0. The van der Waals surface area contributed by atoms with E-state index in [-0.39, 0.29) is 0 Å². The van der Waals surface area contributed by atoms with Crippen molar-refractivity contribution < 1.29 is 0 Å². The Hall–Kier alpha value is -0.0800. The Morgan fingerprint density at radius 2 is 1.86 bits per heavy atom. The fourth-order valence-corrected chi connectivity index (χ4v) is 2.71. The molecule has 0 amide bonds. The molecule has 0 aromatic rings. The molecule has 0 aliphatic heterocycles. The Morgan fingerprint density at radius 3 is 2.43 bits per heavy atom. The smallest absolute Gasteiger partial charge is 0.0196 e. The second-order valence-electron chi connectivity index (χ2n) is 5.37. The van der Waals surface area contributed by atoms with Gasteiger partial charge in [-0.3, -0.25) is 0 Å². The van der Waals surface area contributed by atoms with Gasteiger partial charge in [0.2, 0.25) is 0 Å². The number of nitrogens with two attached hydrogens (primary N) is 1. The molecule has 2 rings (SSSR count). The molecule has 14 heavy (non-hydrogen) atoms. The first-order valence-corrected chi connectivity index (χ1v) is 6.20. The zero-order valence-electron chi connectivity index (χ0n) is 9.41. The maximum atomic E-state index is 6.23. The maximum Gasteiger partial charge on any atom is 0.0196 e. The number of nitrogens with zero attached hydrogens (tertiary/aromatic N) is 1. The van der Waals surface area contributed by atoms with Crippen molar-refractivity contribution in [3.63, 3.8) is 0 Å². The summed E-state index contributed by atoms with van der Waals surface area (Å²) >= 11 is 0. The van der Waals surface area contributed by atoms with Crippen LogP contribution in [0.15, 0.2) is 0 Å². The van der Waals surface area contributed by atoms with Crippen LogP contribution in [0.5, 0.6) is 0 Å². The number of hydrogen-bond acceptors (Lipinski definition) is 2. The summed E-state index contributed by atoms with van der Waals surface area (Å²) in [4.78, 5) is 2.45. The summed E-state index contributed by atoms with van der Waals surface area (Å²) in [6.07, 6.45) is 8.46. The van der Waals surface area contributed by atoms with Crippen LogP contribution in [-0.4, -0.2) is 31.1 Å². The normalized spacial score (nSPS) is 25.9. The molecule has 2 saturated carbocycles. The van der Waals surface area contributed by atoms with Gasteiger partial charge in [-0.2, -0.15) is 0 Å². The van der Waals surface area contributed by atoms with Crippen LogP contribution in [0.4, 0.5) is 0 Å². The van der Waals surface area contributed by atoms with E-state index in [0.717, 1.165) is 18.4 Å². The van der Waals surface area contributed by atoms with Gasteiger partial charge in [-0.25, -0.2) is 0 Å². The summed E-state index contributed by atoms with van der Waals surface area (Å²) in [5.74, 6) is 1.81. The predicted octanol–water partition coefficient (Wildman–Crippen LogP) is 1.85. The monoisotopic (exact) mass is 196 g/mol. The summed E-state index contributed by atoms with van der Waals surface area (Å²) in [5, 5.41) is 0. The van der Waals surface area contributed by atoms with E-state index in [9.17, 15) is 0 Å². The van der Waals surface area contributed by atoms with Crippen molar-refractivity contribution in [2.45, 2.75) is 44.6 Å². The highest BCUT2D eigenvalue weighted by Gasteiger charge is 2.26. The van der Waals surface area contributed by atoms with Gasteiger partial charge >= 0.3 is 0 Å². The quantitative estimate of drug-likeness (QED) is 0.727. The molecule has 2 aliphatic carbocycles. The van der Waals surface area contributed by atoms with E-state index in [1.807, 2.05) is 0 Å². The summed E-state index contributed by atoms with van der Waals surface area (Å²) in [6, 6.07) is 0.432. The van der Waals surface area contributed by atoms with Gasteiger partial charge in [0.05, 0.1) is 0 Å². The Morgan fingerprint density at radius 1 is 1.21 bits per heavy atom. The SMILES string of the molecule is CN(CC1CC1)CC(N)C1CCCC1. The molecular weight excluding hydrogens is 172 g/mol. The van der Waals surface area contributed by atoms with E-state index in [1.165, 1.54) is 45.1 Å². The van der Waals surface area contributed by atoms with Gasteiger partial charge in [-0.05, 0) is 44.6 Å². The topological polar surface area (TPSA) is 29.3 Å². The minimum absolute atomic E-state index is 0.432. The Bertz CT molecular complexity index is 171. The van der Waals surface area contributed by atoms with E-state index < -0.39 is 0 Å². The number of rotatable bonds is 5. The molecular formula is C12H24N2. The average molecular weight is 196 g/mol. The summed E-state index contributed by atoms with van der Waals surface area (Å²) in [5.41, 5.74) is 6.23. The predicted molar refractivity (Wildman–Crippen MR) is 60.2 cm³/mol. The number of hydrogen-bond donors (Lipinski definition) is 1. The lowest BCUT2D eigenvalue weighted by Crippen LogP contribution is -2.40. The molecule has 2 nitrogen and oxygen atoms in total. The summed E-state index contributed by atoms with van der Waals surface area (Å²) in [7, 11) is 2.23. The minimum Gasteiger partial charge on any atom is -0.326 e. The number of likely N-dealkylation sites (N-methyl/N-ethyl adjacent to an activating group) is 1. The van der Waals surface area contributed by atoms with Crippen LogP contribution < -0.4 is 5.73 Å². The van der Waals surface area contributed by atoms with E-state index in [1.54, 1.807) is 0 Å². The highest BCUT2D eigenvalue weighted by atomic mass is 15.1. The van der Waals surface area contributed by atoms with Crippen LogP contribution in [0.1, 0.15) is 38.5 Å². The van der Waals surface area contributed by atoms with Crippen LogP contribution in [0.25, 0.3) is 0 Å². The molecule has 2 fully saturated rings. The first kappa shape index (κ1) is 10.4. The molecule has 82 valence electrons. The van der Waals surface area contributed by atoms with Gasteiger partial charge in [0, 0.05) is 19.1 Å². The fourth-order valence-electron chi connectivity index (χ4n) is 2.71. The van der Waals surface area contributed by atoms with Crippen molar-refractivity contribution >= 4 is 0 Å². The lowest BCUT2D eigenvalue weighted by molar-refractivity contribution is 0.263. The van der Waals surface area contributed by atoms with Crippen LogP contribution in [-0.2, 0) is 0 Å². The lowest BCUT2D eigenvalue weighted by Gasteiger charge is -2.25. The van der Waals surface area contributed by atoms with E-state index in [4.69, 9.17) is 5.73 Å². The third-order valence-electron chi connectivity index (χ3n) is 3.79. The van der Waals surface area contributed by atoms with Gasteiger partial charge in [-0.1, -0.05) is 12.8 Å². The lowest BCUT2D eigenvalue weighted by atomic mass is 9.98. The fraction of sp³-hybridized carbons (Fsp3) is 1.00. The van der Waals surface area contributed by atoms with Crippen molar-refractivity contribution in [1.29, 1.82) is 0 Å². The standard InChI is InChI=1S/C12H24N2/c1-14(8-10-6-7-10)9-12(13)11-4-2-3-5-11/h10-12H,2-9,13H2,1H3. The zero-order chi connectivity index (χ0) is 9.97. The Balaban J connectivity index is 1.66. The van der Waals surface area contributed by atoms with Gasteiger partial charge in [-0.15, -0.1) is 0 Å². The third-order valence-corrected chi connectivity index (χ3v) is 3.79. The zero-order valence-corrected chi connectivity index (χ0v) is 9.41. The molecule has 2 aliphatic rings. The molecule has 0 bridgehead atoms. The Kier molecular flexibility index (Phi) is 3.45. The van der Waals surface area contributed by atoms with Crippen LogP contribution in [0, 0.1) is 11.8 Å². The molecule has 0 spiro atoms. The van der Waals surface area contributed by atoms with Crippen molar-refractivity contribution in [3.05, 3.63) is 0 Å². The third kappa shape index (κ3) is 2.96. The largest absolute Gasteiger partial charge is 0.326 e. The van der Waals surface area contributed by atoms with E-state index in [0.29, 0.717) is 6.04 Å². The second kappa shape index (κ2) is 4.63. The molecule has 0 radical (unpaired) electrons. The van der Waals surface area contributed by atoms with Crippen molar-refractivity contribution in [3.8, 4) is 0 Å². The highest BCUT2D eigenvalue weighted by molar-refractivity contribution is 4.82. The average Bonchev–Trinajstić information content (AvgIpc) is 2.80. The maximum absolute atomic E-state index is 6.23. The van der Waals surface area contributed by atoms with Gasteiger partial charge < -0.3 is 10.6 Å². The van der Waals surface area contributed by atoms with Gasteiger partial charge in [0.1, 0.15) is 0 Å². The van der Waals surface area contributed by atoms with Crippen LogP contribution in [0.2, 0.25) is 0 Å². The molecule has 2 heteroatoms. The van der Waals surface area contributed by atoms with Gasteiger partial charge in [0.25, 0.3) is 0 Å². The van der Waals surface area contributed by atoms with E-state index >= 15 is 0 Å². The molecule has 0 heterocycles. The summed E-state index contributed by atoms with van der Waals surface area (Å²) in [6.45, 7) is 2.39. The molecule has 2 N–H and O–H groups in total. The molecule has 1 atom stereocenters. The minimum atomic E-state index is 0.432. The second-order valence-corrected chi connectivity index (χ2v) is 5.37.